The van der Waals surface area contributed by atoms with Gasteiger partial charge in [-0.15, -0.1) is 0 Å². The fourth-order valence-electron chi connectivity index (χ4n) is 1.92. The molecule has 1 rings (SSSR count). The van der Waals surface area contributed by atoms with E-state index in [1.165, 1.54) is 18.2 Å². The molecule has 3 N–H and O–H groups in total. The Morgan fingerprint density at radius 2 is 2.10 bits per heavy atom. The number of carboxylic acid groups (broad SMARTS) is 1. The van der Waals surface area contributed by atoms with Gasteiger partial charge in [0.25, 0.3) is 0 Å². The van der Waals surface area contributed by atoms with Crippen molar-refractivity contribution in [3.05, 3.63) is 41.7 Å². The number of carboxylic acids is 1. The van der Waals surface area contributed by atoms with Gasteiger partial charge in [-0.1, -0.05) is 26.0 Å². The lowest BCUT2D eigenvalue weighted by atomic mass is 9.79. The number of hydrogen-bond acceptors (Lipinski definition) is 3. The van der Waals surface area contributed by atoms with E-state index in [1.54, 1.807) is 0 Å². The summed E-state index contributed by atoms with van der Waals surface area (Å²) < 4.78 is 13.3. The average molecular weight is 282 g/mol. The highest BCUT2D eigenvalue weighted by Gasteiger charge is 2.28. The Labute approximate surface area is 117 Å². The molecular formula is C15H19FO4. The number of aromatic hydroxyl groups is 1. The number of phenols is 1. The Hall–Kier alpha value is -1.88. The Balaban J connectivity index is 2.74. The summed E-state index contributed by atoms with van der Waals surface area (Å²) in [5.74, 6) is -2.24. The fraction of sp³-hybridized carbons (Fsp3) is 0.400. The van der Waals surface area contributed by atoms with Gasteiger partial charge in [0.05, 0.1) is 6.10 Å². The summed E-state index contributed by atoms with van der Waals surface area (Å²) in [5, 5.41) is 27.9. The molecular weight excluding hydrogens is 263 g/mol. The molecule has 110 valence electrons. The minimum Gasteiger partial charge on any atom is -0.505 e. The van der Waals surface area contributed by atoms with Crippen LogP contribution in [-0.2, 0) is 4.79 Å². The van der Waals surface area contributed by atoms with Gasteiger partial charge in [0.2, 0.25) is 0 Å². The lowest BCUT2D eigenvalue weighted by molar-refractivity contribution is -0.131. The van der Waals surface area contributed by atoms with E-state index in [0.717, 1.165) is 12.1 Å². The monoisotopic (exact) mass is 282 g/mol. The Morgan fingerprint density at radius 1 is 1.45 bits per heavy atom. The molecule has 0 unspecified atom stereocenters. The van der Waals surface area contributed by atoms with Crippen LogP contribution in [0.15, 0.2) is 30.4 Å². The van der Waals surface area contributed by atoms with Crippen LogP contribution >= 0.6 is 0 Å². The maximum absolute atomic E-state index is 13.3. The van der Waals surface area contributed by atoms with Gasteiger partial charge >= 0.3 is 5.97 Å². The molecule has 0 saturated heterocycles. The smallest absolute Gasteiger partial charge is 0.327 e. The van der Waals surface area contributed by atoms with Crippen LogP contribution in [0.25, 0.3) is 0 Å². The predicted octanol–water partition coefficient (Wildman–Crippen LogP) is 3.01. The van der Waals surface area contributed by atoms with Crippen LogP contribution in [0.1, 0.15) is 38.4 Å². The number of hydrogen-bond donors (Lipinski definition) is 3. The van der Waals surface area contributed by atoms with E-state index in [1.807, 2.05) is 13.8 Å². The third-order valence-electron chi connectivity index (χ3n) is 3.24. The molecule has 0 fully saturated rings. The molecule has 0 saturated carbocycles. The van der Waals surface area contributed by atoms with E-state index in [2.05, 4.69) is 0 Å². The van der Waals surface area contributed by atoms with Crippen molar-refractivity contribution in [1.29, 1.82) is 0 Å². The minimum atomic E-state index is -1.01. The Bertz CT molecular complexity index is 509. The molecule has 0 radical (unpaired) electrons. The number of carbonyl (C=O) groups is 1. The van der Waals surface area contributed by atoms with E-state index < -0.39 is 29.1 Å². The number of allylic oxidation sites excluding steroid dienone is 1. The molecule has 0 bridgehead atoms. The van der Waals surface area contributed by atoms with Gasteiger partial charge in [-0.3, -0.25) is 0 Å². The van der Waals surface area contributed by atoms with Crippen molar-refractivity contribution in [3.8, 4) is 5.75 Å². The van der Waals surface area contributed by atoms with E-state index in [9.17, 15) is 14.3 Å². The highest BCUT2D eigenvalue weighted by molar-refractivity contribution is 5.79. The number of phenolic OH excluding ortho intramolecular Hbond substituents is 1. The van der Waals surface area contributed by atoms with Gasteiger partial charge in [0, 0.05) is 6.08 Å². The first-order chi connectivity index (χ1) is 9.24. The number of aliphatic hydroxyl groups excluding tert-OH is 1. The van der Waals surface area contributed by atoms with Crippen LogP contribution in [0.3, 0.4) is 0 Å². The maximum atomic E-state index is 13.3. The second kappa shape index (κ2) is 6.52. The summed E-state index contributed by atoms with van der Waals surface area (Å²) in [4.78, 5) is 10.3. The summed E-state index contributed by atoms with van der Waals surface area (Å²) in [6, 6.07) is 3.78. The van der Waals surface area contributed by atoms with Crippen molar-refractivity contribution in [2.45, 2.75) is 32.8 Å². The quantitative estimate of drug-likeness (QED) is 0.701. The molecule has 0 spiro atoms. The molecule has 0 aliphatic heterocycles. The summed E-state index contributed by atoms with van der Waals surface area (Å²) in [6.07, 6.45) is 2.71. The van der Waals surface area contributed by atoms with Crippen LogP contribution in [-0.4, -0.2) is 21.3 Å². The molecule has 1 aromatic rings. The van der Waals surface area contributed by atoms with E-state index in [-0.39, 0.29) is 0 Å². The number of aliphatic carboxylic acids is 1. The van der Waals surface area contributed by atoms with Crippen LogP contribution in [0.4, 0.5) is 4.39 Å². The Morgan fingerprint density at radius 3 is 2.65 bits per heavy atom. The molecule has 0 heterocycles. The zero-order valence-corrected chi connectivity index (χ0v) is 11.5. The number of rotatable bonds is 6. The summed E-state index contributed by atoms with van der Waals surface area (Å²) in [6.45, 7) is 3.63. The van der Waals surface area contributed by atoms with E-state index in [4.69, 9.17) is 10.2 Å². The lowest BCUT2D eigenvalue weighted by Crippen LogP contribution is -2.22. The first kappa shape index (κ1) is 16.2. The van der Waals surface area contributed by atoms with E-state index in [0.29, 0.717) is 18.4 Å². The minimum absolute atomic E-state index is 0.382. The fourth-order valence-corrected chi connectivity index (χ4v) is 1.92. The molecule has 1 atom stereocenters. The van der Waals surface area contributed by atoms with Crippen molar-refractivity contribution in [3.63, 3.8) is 0 Å². The molecule has 0 aliphatic rings. The molecule has 4 nitrogen and oxygen atoms in total. The number of aliphatic hydroxyl groups is 1. The zero-order chi connectivity index (χ0) is 15.3. The Kier molecular flexibility index (Phi) is 5.27. The van der Waals surface area contributed by atoms with Gasteiger partial charge in [0.15, 0.2) is 11.6 Å². The largest absolute Gasteiger partial charge is 0.505 e. The summed E-state index contributed by atoms with van der Waals surface area (Å²) >= 11 is 0. The van der Waals surface area contributed by atoms with Gasteiger partial charge < -0.3 is 15.3 Å². The van der Waals surface area contributed by atoms with Gasteiger partial charge in [-0.2, -0.15) is 0 Å². The van der Waals surface area contributed by atoms with E-state index >= 15 is 0 Å². The molecule has 0 aromatic heterocycles. The highest BCUT2D eigenvalue weighted by atomic mass is 19.1. The SMILES string of the molecule is CC(C)(CC/C=C/C(=O)O)[C@H](O)c1ccc(O)c(F)c1. The van der Waals surface area contributed by atoms with Crippen molar-refractivity contribution >= 4 is 5.97 Å². The second-order valence-electron chi connectivity index (χ2n) is 5.38. The normalized spacial score (nSPS) is 13.6. The predicted molar refractivity (Wildman–Crippen MR) is 72.8 cm³/mol. The molecule has 20 heavy (non-hydrogen) atoms. The molecule has 5 heteroatoms. The second-order valence-corrected chi connectivity index (χ2v) is 5.38. The summed E-state index contributed by atoms with van der Waals surface area (Å²) in [7, 11) is 0. The maximum Gasteiger partial charge on any atom is 0.327 e. The van der Waals surface area contributed by atoms with Crippen LogP contribution in [0.5, 0.6) is 5.75 Å². The molecule has 1 aromatic carbocycles. The average Bonchev–Trinajstić information content (AvgIpc) is 2.37. The molecule has 0 amide bonds. The number of halogens is 1. The standard InChI is InChI=1S/C15H19FO4/c1-15(2,8-4-3-5-13(18)19)14(20)10-6-7-12(17)11(16)9-10/h3,5-7,9,14,17,20H,4,8H2,1-2H3,(H,18,19)/b5-3+/t14-/m1/s1. The molecule has 0 aliphatic carbocycles. The van der Waals surface area contributed by atoms with Crippen molar-refractivity contribution < 1.29 is 24.5 Å². The summed E-state index contributed by atoms with van der Waals surface area (Å²) in [5.41, 5.74) is -0.167. The third-order valence-corrected chi connectivity index (χ3v) is 3.24. The zero-order valence-electron chi connectivity index (χ0n) is 11.5. The van der Waals surface area contributed by atoms with Crippen molar-refractivity contribution in [1.82, 2.24) is 0 Å². The highest BCUT2D eigenvalue weighted by Crippen LogP contribution is 2.38. The van der Waals surface area contributed by atoms with Crippen LogP contribution in [0.2, 0.25) is 0 Å². The first-order valence-electron chi connectivity index (χ1n) is 6.30. The van der Waals surface area contributed by atoms with Gasteiger partial charge in [-0.25, -0.2) is 9.18 Å². The van der Waals surface area contributed by atoms with Crippen molar-refractivity contribution in [2.24, 2.45) is 5.41 Å². The lowest BCUT2D eigenvalue weighted by Gasteiger charge is -2.30. The van der Waals surface area contributed by atoms with Crippen molar-refractivity contribution in [2.75, 3.05) is 0 Å². The van der Waals surface area contributed by atoms with Gasteiger partial charge in [-0.05, 0) is 36.0 Å². The first-order valence-corrected chi connectivity index (χ1v) is 6.30. The topological polar surface area (TPSA) is 77.8 Å². The van der Waals surface area contributed by atoms with Gasteiger partial charge in [0.1, 0.15) is 0 Å². The third kappa shape index (κ3) is 4.35. The number of benzene rings is 1. The van der Waals surface area contributed by atoms with Crippen LogP contribution in [0, 0.1) is 11.2 Å². The van der Waals surface area contributed by atoms with Crippen LogP contribution < -0.4 is 0 Å².